The molecule has 2 saturated heterocycles. The van der Waals surface area contributed by atoms with Gasteiger partial charge < -0.3 is 29.2 Å². The third-order valence-corrected chi connectivity index (χ3v) is 11.2. The fourth-order valence-corrected chi connectivity index (χ4v) is 8.85. The summed E-state index contributed by atoms with van der Waals surface area (Å²) in [6, 6.07) is 8.49. The van der Waals surface area contributed by atoms with Gasteiger partial charge in [-0.25, -0.2) is 0 Å². The smallest absolute Gasteiger partial charge is 0.199 e. The van der Waals surface area contributed by atoms with Crippen molar-refractivity contribution in [3.63, 3.8) is 0 Å². The van der Waals surface area contributed by atoms with Gasteiger partial charge in [-0.3, -0.25) is 0 Å². The van der Waals surface area contributed by atoms with Crippen molar-refractivity contribution >= 4 is 0 Å². The van der Waals surface area contributed by atoms with Gasteiger partial charge in [-0.15, -0.1) is 5.92 Å². The van der Waals surface area contributed by atoms with Crippen molar-refractivity contribution in [1.82, 2.24) is 0 Å². The van der Waals surface area contributed by atoms with Gasteiger partial charge in [0, 0.05) is 24.2 Å². The van der Waals surface area contributed by atoms with Gasteiger partial charge in [0.2, 0.25) is 0 Å². The van der Waals surface area contributed by atoms with Crippen LogP contribution in [0.4, 0.5) is 0 Å². The fourth-order valence-electron chi connectivity index (χ4n) is 8.85. The summed E-state index contributed by atoms with van der Waals surface area (Å²) in [5, 5.41) is 23.8. The van der Waals surface area contributed by atoms with E-state index >= 15 is 0 Å². The minimum absolute atomic E-state index is 0.0736. The Balaban J connectivity index is 1.39. The van der Waals surface area contributed by atoms with Crippen molar-refractivity contribution in [1.29, 1.82) is 0 Å². The van der Waals surface area contributed by atoms with Gasteiger partial charge in [-0.1, -0.05) is 30.6 Å². The molecule has 0 bridgehead atoms. The lowest BCUT2D eigenvalue weighted by Crippen LogP contribution is -2.52. The number of benzene rings is 1. The van der Waals surface area contributed by atoms with Crippen LogP contribution in [-0.2, 0) is 14.2 Å². The molecule has 0 radical (unpaired) electrons. The third kappa shape index (κ3) is 5.27. The Hall–Kier alpha value is -1.88. The first-order valence-electron chi connectivity index (χ1n) is 15.9. The molecule has 41 heavy (non-hydrogen) atoms. The first-order chi connectivity index (χ1) is 19.6. The zero-order valence-corrected chi connectivity index (χ0v) is 25.3. The summed E-state index contributed by atoms with van der Waals surface area (Å²) in [6.07, 6.45) is 8.49. The highest BCUT2D eigenvalue weighted by Gasteiger charge is 2.63. The minimum Gasteiger partial charge on any atom is -0.465 e. The minimum atomic E-state index is -1.00. The average Bonchev–Trinajstić information content (AvgIpc) is 3.49. The van der Waals surface area contributed by atoms with E-state index < -0.39 is 17.0 Å². The SMILES string of the molecule is CC#C[C@]1(O)CC[C@H]2[C@@H]3CC[C@](C)(O)C(CCC4(C)OCCO4)=C3[C@@H](c3ccc(OC4CCCCO4)cc3)C[C@@]21C. The molecule has 0 amide bonds. The summed E-state index contributed by atoms with van der Waals surface area (Å²) in [6.45, 7) is 10.1. The van der Waals surface area contributed by atoms with E-state index in [1.807, 2.05) is 20.8 Å². The number of ether oxygens (including phenoxy) is 4. The van der Waals surface area contributed by atoms with Gasteiger partial charge in [0.05, 0.1) is 25.4 Å². The second kappa shape index (κ2) is 11.0. The number of aliphatic hydroxyl groups is 2. The lowest BCUT2D eigenvalue weighted by Gasteiger charge is -2.55. The maximum absolute atomic E-state index is 12.0. The number of hydrogen-bond acceptors (Lipinski definition) is 6. The molecule has 2 heterocycles. The molecular weight excluding hydrogens is 516 g/mol. The van der Waals surface area contributed by atoms with E-state index in [-0.39, 0.29) is 17.6 Å². The third-order valence-electron chi connectivity index (χ3n) is 11.2. The van der Waals surface area contributed by atoms with Crippen LogP contribution in [0.25, 0.3) is 0 Å². The van der Waals surface area contributed by atoms with E-state index in [4.69, 9.17) is 18.9 Å². The van der Waals surface area contributed by atoms with Crippen molar-refractivity contribution in [3.05, 3.63) is 41.0 Å². The number of allylic oxidation sites excluding steroid dienone is 1. The lowest BCUT2D eigenvalue weighted by atomic mass is 9.50. The van der Waals surface area contributed by atoms with Gasteiger partial charge in [0.1, 0.15) is 11.4 Å². The van der Waals surface area contributed by atoms with Crippen molar-refractivity contribution in [2.45, 2.75) is 121 Å². The quantitative estimate of drug-likeness (QED) is 0.314. The molecule has 6 heteroatoms. The van der Waals surface area contributed by atoms with Crippen LogP contribution < -0.4 is 4.74 Å². The highest BCUT2D eigenvalue weighted by molar-refractivity contribution is 5.44. The molecule has 3 aliphatic carbocycles. The molecule has 1 aromatic rings. The maximum atomic E-state index is 12.0. The monoisotopic (exact) mass is 564 g/mol. The van der Waals surface area contributed by atoms with Crippen LogP contribution in [-0.4, -0.2) is 53.3 Å². The van der Waals surface area contributed by atoms with Crippen LogP contribution in [0.5, 0.6) is 5.75 Å². The number of fused-ring (bicyclic) bond motifs is 3. The average molecular weight is 565 g/mol. The molecule has 2 N–H and O–H groups in total. The molecular formula is C35H48O6. The summed E-state index contributed by atoms with van der Waals surface area (Å²) in [5.74, 6) is 7.21. The van der Waals surface area contributed by atoms with Gasteiger partial charge >= 0.3 is 0 Å². The molecule has 224 valence electrons. The van der Waals surface area contributed by atoms with E-state index in [1.165, 1.54) is 11.1 Å². The largest absolute Gasteiger partial charge is 0.465 e. The maximum Gasteiger partial charge on any atom is 0.199 e. The Morgan fingerprint density at radius 1 is 0.951 bits per heavy atom. The van der Waals surface area contributed by atoms with Gasteiger partial charge in [-0.2, -0.15) is 0 Å². The molecule has 0 aromatic heterocycles. The van der Waals surface area contributed by atoms with Crippen LogP contribution in [0, 0.1) is 29.1 Å². The molecule has 1 aromatic carbocycles. The molecule has 7 atom stereocenters. The Labute approximate surface area is 245 Å². The summed E-state index contributed by atoms with van der Waals surface area (Å²) in [5.41, 5.74) is 1.51. The molecule has 6 rings (SSSR count). The van der Waals surface area contributed by atoms with Gasteiger partial charge in [-0.05, 0) is 107 Å². The van der Waals surface area contributed by atoms with Crippen LogP contribution in [0.3, 0.4) is 0 Å². The Bertz CT molecular complexity index is 1200. The van der Waals surface area contributed by atoms with Crippen LogP contribution >= 0.6 is 0 Å². The predicted octanol–water partition coefficient (Wildman–Crippen LogP) is 6.25. The van der Waals surface area contributed by atoms with Crippen LogP contribution in [0.1, 0.15) is 103 Å². The van der Waals surface area contributed by atoms with E-state index in [2.05, 4.69) is 43.0 Å². The molecule has 2 aliphatic heterocycles. The summed E-state index contributed by atoms with van der Waals surface area (Å²) >= 11 is 0. The summed E-state index contributed by atoms with van der Waals surface area (Å²) < 4.78 is 23.9. The Morgan fingerprint density at radius 3 is 2.39 bits per heavy atom. The van der Waals surface area contributed by atoms with Gasteiger partial charge in [0.25, 0.3) is 0 Å². The second-order valence-electron chi connectivity index (χ2n) is 13.7. The summed E-state index contributed by atoms with van der Waals surface area (Å²) in [7, 11) is 0. The number of rotatable bonds is 6. The zero-order valence-electron chi connectivity index (χ0n) is 25.3. The van der Waals surface area contributed by atoms with Crippen molar-refractivity contribution in [3.8, 4) is 17.6 Å². The molecule has 4 fully saturated rings. The van der Waals surface area contributed by atoms with E-state index in [0.29, 0.717) is 37.9 Å². The van der Waals surface area contributed by atoms with Gasteiger partial charge in [0.15, 0.2) is 12.1 Å². The molecule has 1 unspecified atom stereocenters. The standard InChI is InChI=1S/C35H48O6/c1-5-16-35(37)19-15-28-26-13-17-33(3,36)29(14-18-34(4)39-21-22-40-34)31(26)27(23-32(28,35)2)24-9-11-25(12-10-24)41-30-8-6-7-20-38-30/h9-12,26-28,30,36-37H,6-8,13-15,17-23H2,1-4H3/t26-,27+,28-,30?,32-,33-,35-/m0/s1. The lowest BCUT2D eigenvalue weighted by molar-refractivity contribution is -0.147. The Morgan fingerprint density at radius 2 is 1.71 bits per heavy atom. The topological polar surface area (TPSA) is 77.4 Å². The zero-order chi connectivity index (χ0) is 28.9. The first-order valence-corrected chi connectivity index (χ1v) is 15.9. The van der Waals surface area contributed by atoms with Crippen LogP contribution in [0.2, 0.25) is 0 Å². The second-order valence-corrected chi connectivity index (χ2v) is 13.7. The Kier molecular flexibility index (Phi) is 7.83. The van der Waals surface area contributed by atoms with Crippen LogP contribution in [0.15, 0.2) is 35.4 Å². The normalized spacial score (nSPS) is 40.0. The molecule has 2 saturated carbocycles. The van der Waals surface area contributed by atoms with Crippen molar-refractivity contribution in [2.75, 3.05) is 19.8 Å². The highest BCUT2D eigenvalue weighted by Crippen LogP contribution is 2.66. The van der Waals surface area contributed by atoms with E-state index in [1.54, 1.807) is 0 Å². The molecule has 6 nitrogen and oxygen atoms in total. The van der Waals surface area contributed by atoms with Crippen molar-refractivity contribution < 1.29 is 29.2 Å². The highest BCUT2D eigenvalue weighted by atomic mass is 16.7. The van der Waals surface area contributed by atoms with E-state index in [0.717, 1.165) is 69.3 Å². The predicted molar refractivity (Wildman–Crippen MR) is 157 cm³/mol. The fraction of sp³-hybridized carbons (Fsp3) is 0.714. The summed E-state index contributed by atoms with van der Waals surface area (Å²) in [4.78, 5) is 0. The first kappa shape index (κ1) is 29.2. The van der Waals surface area contributed by atoms with Crippen molar-refractivity contribution in [2.24, 2.45) is 17.3 Å². The number of hydrogen-bond donors (Lipinski definition) is 2. The molecule has 0 spiro atoms. The van der Waals surface area contributed by atoms with E-state index in [9.17, 15) is 10.2 Å². The molecule has 5 aliphatic rings.